The van der Waals surface area contributed by atoms with E-state index in [0.717, 1.165) is 50.2 Å². The summed E-state index contributed by atoms with van der Waals surface area (Å²) in [6, 6.07) is 14.0. The van der Waals surface area contributed by atoms with Crippen molar-refractivity contribution in [2.45, 2.75) is 12.8 Å². The lowest BCUT2D eigenvalue weighted by atomic mass is 10.1. The molecule has 2 heterocycles. The molecule has 0 aliphatic carbocycles. The van der Waals surface area contributed by atoms with Crippen LogP contribution >= 0.6 is 27.3 Å². The van der Waals surface area contributed by atoms with Crippen LogP contribution in [0.5, 0.6) is 11.5 Å². The van der Waals surface area contributed by atoms with Crippen LogP contribution in [0.4, 0.5) is 0 Å². The third kappa shape index (κ3) is 3.68. The fourth-order valence-electron chi connectivity index (χ4n) is 2.82. The maximum atomic E-state index is 5.37. The molecule has 0 aliphatic rings. The summed E-state index contributed by atoms with van der Waals surface area (Å²) in [4.78, 5) is 0.801. The molecule has 2 aromatic heterocycles. The Labute approximate surface area is 168 Å². The Balaban J connectivity index is 1.54. The Bertz CT molecular complexity index is 1080. The Morgan fingerprint density at radius 3 is 2.48 bits per heavy atom. The molecule has 6 nitrogen and oxygen atoms in total. The maximum Gasteiger partial charge on any atom is 0.234 e. The molecule has 27 heavy (non-hydrogen) atoms. The van der Waals surface area contributed by atoms with E-state index >= 15 is 0 Å². The highest BCUT2D eigenvalue weighted by molar-refractivity contribution is 9.10. The van der Waals surface area contributed by atoms with Gasteiger partial charge in [-0.25, -0.2) is 0 Å². The molecule has 0 unspecified atom stereocenters. The van der Waals surface area contributed by atoms with Crippen molar-refractivity contribution in [3.8, 4) is 22.9 Å². The molecule has 0 amide bonds. The quantitative estimate of drug-likeness (QED) is 0.440. The molecule has 4 rings (SSSR count). The van der Waals surface area contributed by atoms with Crippen molar-refractivity contribution in [3.63, 3.8) is 0 Å². The predicted molar refractivity (Wildman–Crippen MR) is 109 cm³/mol. The normalized spacial score (nSPS) is 11.1. The first-order chi connectivity index (χ1) is 13.2. The highest BCUT2D eigenvalue weighted by Crippen LogP contribution is 2.28. The molecule has 8 heteroatoms. The SMILES string of the molecule is COc1ccc(CCc2nn3c(-c4ccc(Br)cc4)nnc3s2)cc1OC. The van der Waals surface area contributed by atoms with Crippen LogP contribution in [0.25, 0.3) is 16.3 Å². The summed E-state index contributed by atoms with van der Waals surface area (Å²) in [5.74, 6) is 2.23. The second-order valence-electron chi connectivity index (χ2n) is 5.91. The van der Waals surface area contributed by atoms with Gasteiger partial charge >= 0.3 is 0 Å². The Hall–Kier alpha value is -2.45. The monoisotopic (exact) mass is 444 g/mol. The van der Waals surface area contributed by atoms with Gasteiger partial charge in [0.25, 0.3) is 0 Å². The standard InChI is InChI=1S/C19H17BrN4O2S/c1-25-15-9-3-12(11-16(15)26-2)4-10-17-23-24-18(21-22-19(24)27-17)13-5-7-14(20)8-6-13/h3,5-9,11H,4,10H2,1-2H3. The van der Waals surface area contributed by atoms with Crippen LogP contribution in [0.3, 0.4) is 0 Å². The molecule has 4 aromatic rings. The topological polar surface area (TPSA) is 61.5 Å². The number of halogens is 1. The van der Waals surface area contributed by atoms with E-state index in [1.165, 1.54) is 5.56 Å². The summed E-state index contributed by atoms with van der Waals surface area (Å²) in [7, 11) is 3.29. The first kappa shape index (κ1) is 17.9. The van der Waals surface area contributed by atoms with Crippen molar-refractivity contribution in [1.29, 1.82) is 0 Å². The van der Waals surface area contributed by atoms with Crippen LogP contribution in [-0.2, 0) is 12.8 Å². The molecule has 138 valence electrons. The molecule has 2 aromatic carbocycles. The Kier molecular flexibility index (Phi) is 5.09. The zero-order valence-corrected chi connectivity index (χ0v) is 17.2. The number of aromatic nitrogens is 4. The second kappa shape index (κ2) is 7.66. The average molecular weight is 445 g/mol. The van der Waals surface area contributed by atoms with Crippen LogP contribution in [0.15, 0.2) is 46.9 Å². The van der Waals surface area contributed by atoms with Gasteiger partial charge in [0.05, 0.1) is 14.2 Å². The molecule has 0 N–H and O–H groups in total. The molecule has 0 atom stereocenters. The molecule has 0 spiro atoms. The number of ether oxygens (including phenoxy) is 2. The molecule has 0 bridgehead atoms. The third-order valence-electron chi connectivity index (χ3n) is 4.21. The lowest BCUT2D eigenvalue weighted by molar-refractivity contribution is 0.354. The van der Waals surface area contributed by atoms with Crippen molar-refractivity contribution in [2.75, 3.05) is 14.2 Å². The van der Waals surface area contributed by atoms with E-state index in [1.807, 2.05) is 40.9 Å². The van der Waals surface area contributed by atoms with Crippen LogP contribution in [0, 0.1) is 0 Å². The van der Waals surface area contributed by atoms with Gasteiger partial charge in [0.2, 0.25) is 4.96 Å². The highest BCUT2D eigenvalue weighted by atomic mass is 79.9. The van der Waals surface area contributed by atoms with E-state index in [0.29, 0.717) is 0 Å². The second-order valence-corrected chi connectivity index (χ2v) is 7.87. The summed E-state index contributed by atoms with van der Waals surface area (Å²) in [5, 5.41) is 14.3. The van der Waals surface area contributed by atoms with Gasteiger partial charge in [-0.3, -0.25) is 0 Å². The summed E-state index contributed by atoms with van der Waals surface area (Å²) in [5.41, 5.74) is 2.16. The van der Waals surface area contributed by atoms with Gasteiger partial charge in [0, 0.05) is 16.5 Å². The van der Waals surface area contributed by atoms with Crippen LogP contribution in [-0.4, -0.2) is 34.0 Å². The van der Waals surface area contributed by atoms with Crippen molar-refractivity contribution in [1.82, 2.24) is 19.8 Å². The van der Waals surface area contributed by atoms with Crippen LogP contribution in [0.1, 0.15) is 10.6 Å². The smallest absolute Gasteiger partial charge is 0.234 e. The average Bonchev–Trinajstić information content (AvgIpc) is 3.27. The van der Waals surface area contributed by atoms with Gasteiger partial charge in [0.15, 0.2) is 17.3 Å². The molecular weight excluding hydrogens is 428 g/mol. The first-order valence-corrected chi connectivity index (χ1v) is 9.97. The summed E-state index contributed by atoms with van der Waals surface area (Å²) in [6.07, 6.45) is 1.68. The predicted octanol–water partition coefficient (Wildman–Crippen LogP) is 4.42. The Morgan fingerprint density at radius 1 is 0.963 bits per heavy atom. The van der Waals surface area contributed by atoms with Gasteiger partial charge in [0.1, 0.15) is 5.01 Å². The number of nitrogens with zero attached hydrogens (tertiary/aromatic N) is 4. The number of fused-ring (bicyclic) bond motifs is 1. The number of hydrogen-bond acceptors (Lipinski definition) is 6. The van der Waals surface area contributed by atoms with Crippen molar-refractivity contribution < 1.29 is 9.47 Å². The molecule has 0 fully saturated rings. The zero-order chi connectivity index (χ0) is 18.8. The van der Waals surface area contributed by atoms with Gasteiger partial charge < -0.3 is 9.47 Å². The van der Waals surface area contributed by atoms with Gasteiger partial charge in [-0.05, 0) is 36.2 Å². The summed E-state index contributed by atoms with van der Waals surface area (Å²) < 4.78 is 13.5. The fourth-order valence-corrected chi connectivity index (χ4v) is 3.92. The number of benzene rings is 2. The van der Waals surface area contributed by atoms with Gasteiger partial charge in [-0.15, -0.1) is 10.2 Å². The number of methoxy groups -OCH3 is 2. The van der Waals surface area contributed by atoms with E-state index in [9.17, 15) is 0 Å². The molecular formula is C19H17BrN4O2S. The molecule has 0 saturated carbocycles. The van der Waals surface area contributed by atoms with Crippen LogP contribution < -0.4 is 9.47 Å². The van der Waals surface area contributed by atoms with Crippen molar-refractivity contribution in [3.05, 3.63) is 57.5 Å². The lowest BCUT2D eigenvalue weighted by Gasteiger charge is -2.09. The molecule has 0 saturated heterocycles. The summed E-state index contributed by atoms with van der Waals surface area (Å²) >= 11 is 5.02. The highest BCUT2D eigenvalue weighted by Gasteiger charge is 2.14. The maximum absolute atomic E-state index is 5.37. The largest absolute Gasteiger partial charge is 0.493 e. The van der Waals surface area contributed by atoms with E-state index in [2.05, 4.69) is 32.2 Å². The fraction of sp³-hybridized carbons (Fsp3) is 0.211. The van der Waals surface area contributed by atoms with E-state index < -0.39 is 0 Å². The van der Waals surface area contributed by atoms with Crippen molar-refractivity contribution >= 4 is 32.2 Å². The third-order valence-corrected chi connectivity index (χ3v) is 5.70. The van der Waals surface area contributed by atoms with E-state index in [-0.39, 0.29) is 0 Å². The minimum Gasteiger partial charge on any atom is -0.493 e. The van der Waals surface area contributed by atoms with Gasteiger partial charge in [-0.2, -0.15) is 9.61 Å². The van der Waals surface area contributed by atoms with Crippen LogP contribution in [0.2, 0.25) is 0 Å². The lowest BCUT2D eigenvalue weighted by Crippen LogP contribution is -1.96. The number of hydrogen-bond donors (Lipinski definition) is 0. The molecule has 0 aliphatic heterocycles. The number of rotatable bonds is 6. The minimum atomic E-state index is 0.735. The first-order valence-electron chi connectivity index (χ1n) is 8.36. The summed E-state index contributed by atoms with van der Waals surface area (Å²) in [6.45, 7) is 0. The van der Waals surface area contributed by atoms with E-state index in [1.54, 1.807) is 25.6 Å². The zero-order valence-electron chi connectivity index (χ0n) is 14.8. The van der Waals surface area contributed by atoms with Gasteiger partial charge in [-0.1, -0.05) is 45.5 Å². The minimum absolute atomic E-state index is 0.735. The Morgan fingerprint density at radius 2 is 1.74 bits per heavy atom. The number of aryl methyl sites for hydroxylation is 2. The van der Waals surface area contributed by atoms with Crippen molar-refractivity contribution in [2.24, 2.45) is 0 Å². The molecule has 0 radical (unpaired) electrons. The van der Waals surface area contributed by atoms with E-state index in [4.69, 9.17) is 14.6 Å².